The number of hydrazine groups is 1. The first-order valence-corrected chi connectivity index (χ1v) is 5.88. The van der Waals surface area contributed by atoms with E-state index in [0.717, 1.165) is 17.8 Å². The van der Waals surface area contributed by atoms with Gasteiger partial charge < -0.3 is 5.11 Å². The van der Waals surface area contributed by atoms with Gasteiger partial charge in [-0.1, -0.05) is 19.1 Å². The predicted molar refractivity (Wildman–Crippen MR) is 66.7 cm³/mol. The highest BCUT2D eigenvalue weighted by Gasteiger charge is 2.25. The summed E-state index contributed by atoms with van der Waals surface area (Å²) in [5.41, 5.74) is 2.14. The Morgan fingerprint density at radius 3 is 2.47 bits per heavy atom. The molecule has 1 aliphatic rings. The first kappa shape index (κ1) is 11.9. The molecule has 0 saturated carbocycles. The van der Waals surface area contributed by atoms with Crippen LogP contribution in [0, 0.1) is 0 Å². The number of nitrogens with zero attached hydrogens (tertiary/aromatic N) is 2. The molecular weight excluding hydrogens is 216 g/mol. The maximum absolute atomic E-state index is 11.4. The number of aliphatic hydroxyl groups is 1. The largest absolute Gasteiger partial charge is 0.396 e. The van der Waals surface area contributed by atoms with Gasteiger partial charge in [0.15, 0.2) is 0 Å². The molecule has 1 amide bonds. The molecule has 0 aromatic heterocycles. The number of hydrogen-bond acceptors (Lipinski definition) is 3. The molecule has 1 aliphatic heterocycles. The monoisotopic (exact) mass is 234 g/mol. The minimum absolute atomic E-state index is 0.151. The summed E-state index contributed by atoms with van der Waals surface area (Å²) < 4.78 is 0. The molecule has 1 atom stereocenters. The van der Waals surface area contributed by atoms with Crippen LogP contribution in [0.5, 0.6) is 0 Å². The van der Waals surface area contributed by atoms with Crippen LogP contribution in [0.4, 0.5) is 5.69 Å². The van der Waals surface area contributed by atoms with Gasteiger partial charge in [-0.25, -0.2) is 0 Å². The molecule has 4 nitrogen and oxygen atoms in total. The number of anilines is 1. The SMILES string of the molecule is CC(CO)c1ccc(N2CCC(=O)N2C)cc1. The first-order chi connectivity index (χ1) is 8.13. The first-order valence-electron chi connectivity index (χ1n) is 5.88. The highest BCUT2D eigenvalue weighted by atomic mass is 16.3. The van der Waals surface area contributed by atoms with Gasteiger partial charge in [0.25, 0.3) is 0 Å². The molecule has 1 saturated heterocycles. The van der Waals surface area contributed by atoms with E-state index in [9.17, 15) is 4.79 Å². The third-order valence-corrected chi connectivity index (χ3v) is 3.29. The smallest absolute Gasteiger partial charge is 0.242 e. The second-order valence-corrected chi connectivity index (χ2v) is 4.47. The lowest BCUT2D eigenvalue weighted by atomic mass is 10.0. The van der Waals surface area contributed by atoms with Gasteiger partial charge in [0.1, 0.15) is 0 Å². The van der Waals surface area contributed by atoms with Gasteiger partial charge in [-0.2, -0.15) is 0 Å². The normalized spacial score (nSPS) is 17.7. The molecular formula is C13H18N2O2. The average Bonchev–Trinajstić information content (AvgIpc) is 2.69. The van der Waals surface area contributed by atoms with E-state index in [4.69, 9.17) is 5.11 Å². The van der Waals surface area contributed by atoms with Crippen molar-refractivity contribution in [2.75, 3.05) is 25.2 Å². The lowest BCUT2D eigenvalue weighted by molar-refractivity contribution is -0.126. The number of benzene rings is 1. The Hall–Kier alpha value is -1.55. The van der Waals surface area contributed by atoms with Gasteiger partial charge in [-0.15, -0.1) is 0 Å². The summed E-state index contributed by atoms with van der Waals surface area (Å²) in [5, 5.41) is 12.7. The molecule has 0 bridgehead atoms. The molecule has 17 heavy (non-hydrogen) atoms. The highest BCUT2D eigenvalue weighted by molar-refractivity contribution is 5.81. The fraction of sp³-hybridized carbons (Fsp3) is 0.462. The van der Waals surface area contributed by atoms with Gasteiger partial charge in [-0.05, 0) is 17.7 Å². The molecule has 92 valence electrons. The Labute approximate surface area is 101 Å². The number of rotatable bonds is 3. The maximum atomic E-state index is 11.4. The number of aliphatic hydroxyl groups excluding tert-OH is 1. The van der Waals surface area contributed by atoms with Crippen LogP contribution in [-0.4, -0.2) is 36.2 Å². The van der Waals surface area contributed by atoms with E-state index in [1.54, 1.807) is 12.1 Å². The van der Waals surface area contributed by atoms with E-state index in [1.165, 1.54) is 0 Å². The van der Waals surface area contributed by atoms with Crippen LogP contribution in [0.3, 0.4) is 0 Å². The second kappa shape index (κ2) is 4.75. The minimum atomic E-state index is 0.151. The predicted octanol–water partition coefficient (Wildman–Crippen LogP) is 1.37. The van der Waals surface area contributed by atoms with Crippen molar-refractivity contribution >= 4 is 11.6 Å². The molecule has 4 heteroatoms. The zero-order chi connectivity index (χ0) is 12.4. The molecule has 0 radical (unpaired) electrons. The summed E-state index contributed by atoms with van der Waals surface area (Å²) in [4.78, 5) is 11.4. The topological polar surface area (TPSA) is 43.8 Å². The van der Waals surface area contributed by atoms with Gasteiger partial charge >= 0.3 is 0 Å². The van der Waals surface area contributed by atoms with E-state index >= 15 is 0 Å². The Bertz CT molecular complexity index is 402. The van der Waals surface area contributed by atoms with Crippen molar-refractivity contribution in [3.63, 3.8) is 0 Å². The number of hydrogen-bond donors (Lipinski definition) is 1. The van der Waals surface area contributed by atoms with Crippen molar-refractivity contribution in [3.05, 3.63) is 29.8 Å². The van der Waals surface area contributed by atoms with Crippen LogP contribution >= 0.6 is 0 Å². The summed E-state index contributed by atoms with van der Waals surface area (Å²) in [6, 6.07) is 8.01. The third kappa shape index (κ3) is 2.26. The van der Waals surface area contributed by atoms with Crippen molar-refractivity contribution in [2.24, 2.45) is 0 Å². The Morgan fingerprint density at radius 2 is 2.00 bits per heavy atom. The maximum Gasteiger partial charge on any atom is 0.242 e. The van der Waals surface area contributed by atoms with Crippen molar-refractivity contribution in [3.8, 4) is 0 Å². The van der Waals surface area contributed by atoms with Gasteiger partial charge in [-0.3, -0.25) is 14.8 Å². The number of amides is 1. The zero-order valence-corrected chi connectivity index (χ0v) is 10.3. The quantitative estimate of drug-likeness (QED) is 0.859. The summed E-state index contributed by atoms with van der Waals surface area (Å²) in [6.45, 7) is 2.88. The van der Waals surface area contributed by atoms with E-state index in [0.29, 0.717) is 6.42 Å². The summed E-state index contributed by atoms with van der Waals surface area (Å²) in [7, 11) is 1.79. The van der Waals surface area contributed by atoms with Crippen LogP contribution in [0.1, 0.15) is 24.8 Å². The van der Waals surface area contributed by atoms with Crippen LogP contribution in [-0.2, 0) is 4.79 Å². The summed E-state index contributed by atoms with van der Waals surface area (Å²) in [5.74, 6) is 0.305. The third-order valence-electron chi connectivity index (χ3n) is 3.29. The van der Waals surface area contributed by atoms with Gasteiger partial charge in [0.2, 0.25) is 5.91 Å². The van der Waals surface area contributed by atoms with Crippen LogP contribution < -0.4 is 5.01 Å². The lowest BCUT2D eigenvalue weighted by Gasteiger charge is -2.26. The van der Waals surface area contributed by atoms with Crippen molar-refractivity contribution in [1.82, 2.24) is 5.01 Å². The van der Waals surface area contributed by atoms with E-state index < -0.39 is 0 Å². The molecule has 2 rings (SSSR count). The van der Waals surface area contributed by atoms with Crippen LogP contribution in [0.15, 0.2) is 24.3 Å². The molecule has 1 aromatic rings. The minimum Gasteiger partial charge on any atom is -0.396 e. The fourth-order valence-corrected chi connectivity index (χ4v) is 2.03. The van der Waals surface area contributed by atoms with Crippen molar-refractivity contribution in [1.29, 1.82) is 0 Å². The van der Waals surface area contributed by atoms with Crippen molar-refractivity contribution < 1.29 is 9.90 Å². The zero-order valence-electron chi connectivity index (χ0n) is 10.3. The Morgan fingerprint density at radius 1 is 1.35 bits per heavy atom. The van der Waals surface area contributed by atoms with E-state index in [1.807, 2.05) is 36.2 Å². The molecule has 0 spiro atoms. The number of carbonyl (C=O) groups excluding carboxylic acids is 1. The molecule has 1 unspecified atom stereocenters. The van der Waals surface area contributed by atoms with Gasteiger partial charge in [0, 0.05) is 32.5 Å². The Kier molecular flexibility index (Phi) is 3.33. The fourth-order valence-electron chi connectivity index (χ4n) is 2.03. The number of carbonyl (C=O) groups is 1. The average molecular weight is 234 g/mol. The Balaban J connectivity index is 2.16. The summed E-state index contributed by atoms with van der Waals surface area (Å²) in [6.07, 6.45) is 0.575. The van der Waals surface area contributed by atoms with E-state index in [2.05, 4.69) is 0 Å². The summed E-state index contributed by atoms with van der Waals surface area (Å²) >= 11 is 0. The molecule has 1 N–H and O–H groups in total. The molecule has 0 aliphatic carbocycles. The molecule has 1 aromatic carbocycles. The van der Waals surface area contributed by atoms with Crippen LogP contribution in [0.2, 0.25) is 0 Å². The molecule has 1 heterocycles. The van der Waals surface area contributed by atoms with E-state index in [-0.39, 0.29) is 18.4 Å². The highest BCUT2D eigenvalue weighted by Crippen LogP contribution is 2.23. The second-order valence-electron chi connectivity index (χ2n) is 4.47. The van der Waals surface area contributed by atoms with Crippen LogP contribution in [0.25, 0.3) is 0 Å². The van der Waals surface area contributed by atoms with Gasteiger partial charge in [0.05, 0.1) is 5.69 Å². The standard InChI is InChI=1S/C13H18N2O2/c1-10(9-16)11-3-5-12(6-4-11)15-8-7-13(17)14(15)2/h3-6,10,16H,7-9H2,1-2H3. The molecule has 1 fully saturated rings. The van der Waals surface area contributed by atoms with Crippen molar-refractivity contribution in [2.45, 2.75) is 19.3 Å². The lowest BCUT2D eigenvalue weighted by Crippen LogP contribution is -2.35.